The topological polar surface area (TPSA) is 29.6 Å². The average Bonchev–Trinajstić information content (AvgIpc) is 3.42. The molecule has 3 unspecified atom stereocenters. The Kier molecular flexibility index (Phi) is 3.71. The minimum Gasteiger partial charge on any atom is -0.351 e. The second-order valence-corrected chi connectivity index (χ2v) is 8.10. The molecule has 2 aliphatic heterocycles. The van der Waals surface area contributed by atoms with Crippen LogP contribution < -0.4 is 0 Å². The van der Waals surface area contributed by atoms with Crippen molar-refractivity contribution in [3.63, 3.8) is 0 Å². The predicted octanol–water partition coefficient (Wildman–Crippen LogP) is 5.88. The molecule has 1 spiro atoms. The summed E-state index contributed by atoms with van der Waals surface area (Å²) >= 11 is 8.10. The number of carbonyl (C=O) groups is 1. The molecule has 4 heteroatoms. The first-order valence-electron chi connectivity index (χ1n) is 8.49. The molecule has 3 aromatic carbocycles. The Morgan fingerprint density at radius 3 is 2.38 bits per heavy atom. The Hall–Kier alpha value is -2.07. The van der Waals surface area contributed by atoms with E-state index >= 15 is 0 Å². The average molecular weight is 379 g/mol. The van der Waals surface area contributed by atoms with Crippen molar-refractivity contribution in [1.29, 1.82) is 0 Å². The highest BCUT2D eigenvalue weighted by molar-refractivity contribution is 7.99. The zero-order chi connectivity index (χ0) is 17.7. The van der Waals surface area contributed by atoms with Gasteiger partial charge in [0.15, 0.2) is 11.4 Å². The highest BCUT2D eigenvalue weighted by Gasteiger charge is 2.70. The van der Waals surface area contributed by atoms with Crippen molar-refractivity contribution in [2.45, 2.75) is 21.9 Å². The van der Waals surface area contributed by atoms with Gasteiger partial charge in [-0.15, -0.1) is 11.8 Å². The van der Waals surface area contributed by atoms with E-state index in [-0.39, 0.29) is 17.1 Å². The van der Waals surface area contributed by atoms with Gasteiger partial charge in [0.2, 0.25) is 0 Å². The molecule has 3 aromatic rings. The number of ketones is 1. The molecule has 0 saturated carbocycles. The Morgan fingerprint density at radius 2 is 1.58 bits per heavy atom. The van der Waals surface area contributed by atoms with Crippen LogP contribution in [0.4, 0.5) is 0 Å². The summed E-state index contributed by atoms with van der Waals surface area (Å²) in [7, 11) is 0. The van der Waals surface area contributed by atoms with Gasteiger partial charge in [0, 0.05) is 21.0 Å². The molecule has 2 heterocycles. The lowest BCUT2D eigenvalue weighted by atomic mass is 9.85. The van der Waals surface area contributed by atoms with Crippen molar-refractivity contribution >= 4 is 29.1 Å². The normalized spacial score (nSPS) is 26.6. The number of epoxide rings is 1. The van der Waals surface area contributed by atoms with Crippen LogP contribution in [0.25, 0.3) is 0 Å². The number of ether oxygens (including phenoxy) is 1. The summed E-state index contributed by atoms with van der Waals surface area (Å²) in [4.78, 5) is 14.5. The van der Waals surface area contributed by atoms with Gasteiger partial charge in [-0.3, -0.25) is 4.79 Å². The van der Waals surface area contributed by atoms with Gasteiger partial charge < -0.3 is 4.74 Å². The van der Waals surface area contributed by atoms with Gasteiger partial charge in [-0.2, -0.15) is 0 Å². The molecule has 26 heavy (non-hydrogen) atoms. The SMILES string of the molecule is O=C1c2ccccc2SC(c2ccccc2)C12OC2c1ccccc1Cl. The van der Waals surface area contributed by atoms with Crippen LogP contribution in [-0.2, 0) is 4.74 Å². The van der Waals surface area contributed by atoms with Gasteiger partial charge in [0.25, 0.3) is 0 Å². The highest BCUT2D eigenvalue weighted by atomic mass is 35.5. The van der Waals surface area contributed by atoms with Crippen molar-refractivity contribution in [2.24, 2.45) is 0 Å². The van der Waals surface area contributed by atoms with Crippen LogP contribution in [0.3, 0.4) is 0 Å². The van der Waals surface area contributed by atoms with Gasteiger partial charge in [0.05, 0.1) is 5.25 Å². The van der Waals surface area contributed by atoms with Crippen molar-refractivity contribution in [2.75, 3.05) is 0 Å². The van der Waals surface area contributed by atoms with E-state index in [1.165, 1.54) is 0 Å². The van der Waals surface area contributed by atoms with Gasteiger partial charge in [-0.25, -0.2) is 0 Å². The lowest BCUT2D eigenvalue weighted by molar-refractivity contribution is 0.0861. The molecule has 128 valence electrons. The minimum atomic E-state index is -0.897. The second-order valence-electron chi connectivity index (χ2n) is 6.55. The van der Waals surface area contributed by atoms with E-state index in [4.69, 9.17) is 16.3 Å². The second kappa shape index (κ2) is 5.98. The molecule has 2 nitrogen and oxygen atoms in total. The maximum Gasteiger partial charge on any atom is 0.200 e. The summed E-state index contributed by atoms with van der Waals surface area (Å²) < 4.78 is 6.19. The van der Waals surface area contributed by atoms with E-state index in [9.17, 15) is 4.79 Å². The highest BCUT2D eigenvalue weighted by Crippen LogP contribution is 2.66. The van der Waals surface area contributed by atoms with Gasteiger partial charge in [0.1, 0.15) is 6.10 Å². The molecule has 0 radical (unpaired) electrons. The van der Waals surface area contributed by atoms with E-state index in [0.717, 1.165) is 21.6 Å². The summed E-state index contributed by atoms with van der Waals surface area (Å²) in [5, 5.41) is 0.533. The molecule has 0 aliphatic carbocycles. The number of rotatable bonds is 2. The number of hydrogen-bond donors (Lipinski definition) is 0. The molecule has 0 amide bonds. The number of halogens is 1. The van der Waals surface area contributed by atoms with E-state index in [1.807, 2.05) is 66.7 Å². The van der Waals surface area contributed by atoms with Crippen molar-refractivity contribution in [1.82, 2.24) is 0 Å². The summed E-state index contributed by atoms with van der Waals surface area (Å²) in [6, 6.07) is 25.5. The predicted molar refractivity (Wildman–Crippen MR) is 104 cm³/mol. The fraction of sp³-hybridized carbons (Fsp3) is 0.136. The first-order chi connectivity index (χ1) is 12.7. The number of benzene rings is 3. The van der Waals surface area contributed by atoms with Crippen molar-refractivity contribution < 1.29 is 9.53 Å². The lowest BCUT2D eigenvalue weighted by Crippen LogP contribution is -2.35. The molecule has 0 aromatic heterocycles. The third-order valence-electron chi connectivity index (χ3n) is 5.06. The van der Waals surface area contributed by atoms with Gasteiger partial charge >= 0.3 is 0 Å². The standard InChI is InChI=1S/C22H15ClO2S/c23-17-12-6-4-10-15(17)20-22(25-20)19(24)16-11-5-7-13-18(16)26-21(22)14-8-2-1-3-9-14/h1-13,20-21H. The summed E-state index contributed by atoms with van der Waals surface area (Å²) in [5.74, 6) is 0.0469. The quantitative estimate of drug-likeness (QED) is 0.521. The fourth-order valence-electron chi connectivity index (χ4n) is 3.76. The Bertz CT molecular complexity index is 1000. The Balaban J connectivity index is 1.67. The maximum atomic E-state index is 13.5. The molecule has 1 fully saturated rings. The van der Waals surface area contributed by atoms with Crippen LogP contribution in [0.1, 0.15) is 32.8 Å². The largest absolute Gasteiger partial charge is 0.351 e. The maximum absolute atomic E-state index is 13.5. The molecule has 1 saturated heterocycles. The fourth-order valence-corrected chi connectivity index (χ4v) is 5.45. The zero-order valence-electron chi connectivity index (χ0n) is 13.8. The zero-order valence-corrected chi connectivity index (χ0v) is 15.3. The van der Waals surface area contributed by atoms with E-state index in [1.54, 1.807) is 11.8 Å². The van der Waals surface area contributed by atoms with Crippen LogP contribution in [0.15, 0.2) is 83.8 Å². The molecular weight excluding hydrogens is 364 g/mol. The van der Waals surface area contributed by atoms with Crippen molar-refractivity contribution in [3.8, 4) is 0 Å². The van der Waals surface area contributed by atoms with Crippen LogP contribution >= 0.6 is 23.4 Å². The van der Waals surface area contributed by atoms with Crippen LogP contribution in [0, 0.1) is 0 Å². The first-order valence-corrected chi connectivity index (χ1v) is 9.75. The monoisotopic (exact) mass is 378 g/mol. The van der Waals surface area contributed by atoms with E-state index in [2.05, 4.69) is 12.1 Å². The van der Waals surface area contributed by atoms with Crippen molar-refractivity contribution in [3.05, 3.63) is 101 Å². The molecule has 0 bridgehead atoms. The lowest BCUT2D eigenvalue weighted by Gasteiger charge is -2.30. The number of thioether (sulfide) groups is 1. The smallest absolute Gasteiger partial charge is 0.200 e. The third-order valence-corrected chi connectivity index (χ3v) is 6.87. The Labute approximate surface area is 161 Å². The van der Waals surface area contributed by atoms with Gasteiger partial charge in [-0.1, -0.05) is 78.3 Å². The summed E-state index contributed by atoms with van der Waals surface area (Å²) in [6.45, 7) is 0. The van der Waals surface area contributed by atoms with Crippen LogP contribution in [0.5, 0.6) is 0 Å². The summed E-state index contributed by atoms with van der Waals surface area (Å²) in [5.41, 5.74) is 1.81. The number of fused-ring (bicyclic) bond motifs is 1. The molecular formula is C22H15ClO2S. The molecule has 0 N–H and O–H groups in total. The molecule has 2 aliphatic rings. The van der Waals surface area contributed by atoms with E-state index in [0.29, 0.717) is 5.02 Å². The Morgan fingerprint density at radius 1 is 0.885 bits per heavy atom. The number of hydrogen-bond acceptors (Lipinski definition) is 3. The third kappa shape index (κ3) is 2.28. The van der Waals surface area contributed by atoms with Crippen LogP contribution in [-0.4, -0.2) is 11.4 Å². The summed E-state index contributed by atoms with van der Waals surface area (Å²) in [6.07, 6.45) is -0.324. The van der Waals surface area contributed by atoms with Crippen LogP contribution in [0.2, 0.25) is 5.02 Å². The number of Topliss-reactive ketones (excluding diaryl/α,β-unsaturated/α-hetero) is 1. The molecule has 3 atom stereocenters. The van der Waals surface area contributed by atoms with Gasteiger partial charge in [-0.05, 0) is 17.7 Å². The van der Waals surface area contributed by atoms with E-state index < -0.39 is 5.60 Å². The minimum absolute atomic E-state index is 0.0469. The number of carbonyl (C=O) groups excluding carboxylic acids is 1. The molecule has 5 rings (SSSR count). The first kappa shape index (κ1) is 16.1.